The van der Waals surface area contributed by atoms with E-state index in [1.165, 1.54) is 0 Å². The molecule has 2 aromatic rings. The van der Waals surface area contributed by atoms with Crippen LogP contribution in [-0.4, -0.2) is 11.9 Å². The molecule has 0 heterocycles. The number of carbonyl (C=O) groups is 2. The van der Waals surface area contributed by atoms with Crippen LogP contribution in [0.5, 0.6) is 11.5 Å². The van der Waals surface area contributed by atoms with E-state index < -0.39 is 11.9 Å². The van der Waals surface area contributed by atoms with Gasteiger partial charge in [-0.25, -0.2) is 9.59 Å². The average molecular weight is 350 g/mol. The highest BCUT2D eigenvalue weighted by atomic mass is 16.5. The van der Waals surface area contributed by atoms with Crippen LogP contribution in [0.4, 0.5) is 0 Å². The Morgan fingerprint density at radius 2 is 1.38 bits per heavy atom. The number of carbonyl (C=O) groups excluding carboxylic acids is 2. The lowest BCUT2D eigenvalue weighted by Gasteiger charge is -2.11. The van der Waals surface area contributed by atoms with Crippen molar-refractivity contribution < 1.29 is 19.1 Å². The third-order valence-electron chi connectivity index (χ3n) is 3.74. The highest BCUT2D eigenvalue weighted by molar-refractivity contribution is 5.89. The maximum atomic E-state index is 11.7. The van der Waals surface area contributed by atoms with E-state index in [4.69, 9.17) is 9.47 Å². The first-order chi connectivity index (χ1) is 12.3. The Balaban J connectivity index is 2.23. The van der Waals surface area contributed by atoms with Crippen LogP contribution in [0.3, 0.4) is 0 Å². The number of hydrogen-bond donors (Lipinski definition) is 0. The van der Waals surface area contributed by atoms with Crippen LogP contribution in [0.1, 0.15) is 26.3 Å². The van der Waals surface area contributed by atoms with Gasteiger partial charge in [0.1, 0.15) is 11.5 Å². The summed E-state index contributed by atoms with van der Waals surface area (Å²) >= 11 is 0. The molecule has 0 unspecified atom stereocenters. The lowest BCUT2D eigenvalue weighted by Crippen LogP contribution is -2.09. The summed E-state index contributed by atoms with van der Waals surface area (Å²) in [4.78, 5) is 23.3. The van der Waals surface area contributed by atoms with Crippen molar-refractivity contribution in [3.63, 3.8) is 0 Å². The van der Waals surface area contributed by atoms with Crippen LogP contribution >= 0.6 is 0 Å². The number of rotatable bonds is 6. The van der Waals surface area contributed by atoms with Crippen molar-refractivity contribution in [1.29, 1.82) is 0 Å². The zero-order valence-corrected chi connectivity index (χ0v) is 15.3. The summed E-state index contributed by atoms with van der Waals surface area (Å²) in [5.41, 5.74) is 3.58. The minimum Gasteiger partial charge on any atom is -0.423 e. The molecule has 0 aromatic heterocycles. The molecule has 4 heteroatoms. The molecule has 0 N–H and O–H groups in total. The van der Waals surface area contributed by atoms with Crippen molar-refractivity contribution >= 4 is 11.9 Å². The Labute approximate surface area is 153 Å². The van der Waals surface area contributed by atoms with E-state index in [1.54, 1.807) is 32.0 Å². The van der Waals surface area contributed by atoms with Crippen LogP contribution in [0.25, 0.3) is 11.1 Å². The standard InChI is InChI=1S/C22H22O4/c1-6-16-13-18(9-12-20(16)26-22(24)15(4)5)17-7-10-19(11-8-17)25-21(23)14(2)3/h7-13H,2,4,6H2,1,3,5H3. The smallest absolute Gasteiger partial charge is 0.338 e. The number of benzene rings is 2. The van der Waals surface area contributed by atoms with Crippen molar-refractivity contribution in [2.24, 2.45) is 0 Å². The van der Waals surface area contributed by atoms with E-state index in [0.717, 1.165) is 23.1 Å². The Kier molecular flexibility index (Phi) is 6.12. The van der Waals surface area contributed by atoms with E-state index in [9.17, 15) is 9.59 Å². The fourth-order valence-corrected chi connectivity index (χ4v) is 2.23. The predicted molar refractivity (Wildman–Crippen MR) is 102 cm³/mol. The Hall–Kier alpha value is -3.14. The zero-order chi connectivity index (χ0) is 19.3. The fraction of sp³-hybridized carbons (Fsp3) is 0.182. The third-order valence-corrected chi connectivity index (χ3v) is 3.74. The minimum absolute atomic E-state index is 0.349. The molecule has 0 radical (unpaired) electrons. The molecule has 26 heavy (non-hydrogen) atoms. The quantitative estimate of drug-likeness (QED) is 0.423. The SMILES string of the molecule is C=C(C)C(=O)Oc1ccc(-c2ccc(OC(=O)C(=C)C)c(CC)c2)cc1. The predicted octanol–water partition coefficient (Wildman–Crippen LogP) is 4.88. The molecule has 4 nitrogen and oxygen atoms in total. The highest BCUT2D eigenvalue weighted by Gasteiger charge is 2.11. The largest absolute Gasteiger partial charge is 0.423 e. The van der Waals surface area contributed by atoms with Crippen LogP contribution in [-0.2, 0) is 16.0 Å². The molecule has 134 valence electrons. The first-order valence-corrected chi connectivity index (χ1v) is 8.30. The normalized spacial score (nSPS) is 10.1. The Bertz CT molecular complexity index is 860. The third kappa shape index (κ3) is 4.70. The van der Waals surface area contributed by atoms with Gasteiger partial charge in [0.15, 0.2) is 0 Å². The Morgan fingerprint density at radius 3 is 1.92 bits per heavy atom. The topological polar surface area (TPSA) is 52.6 Å². The fourth-order valence-electron chi connectivity index (χ4n) is 2.23. The molecule has 0 aliphatic carbocycles. The first-order valence-electron chi connectivity index (χ1n) is 8.30. The molecule has 0 amide bonds. The number of hydrogen-bond acceptors (Lipinski definition) is 4. The Morgan fingerprint density at radius 1 is 0.846 bits per heavy atom. The molecular formula is C22H22O4. The van der Waals surface area contributed by atoms with Crippen molar-refractivity contribution in [3.05, 3.63) is 72.3 Å². The average Bonchev–Trinajstić information content (AvgIpc) is 2.62. The monoisotopic (exact) mass is 350 g/mol. The molecule has 0 bridgehead atoms. The number of aryl methyl sites for hydroxylation is 1. The van der Waals surface area contributed by atoms with Crippen LogP contribution < -0.4 is 9.47 Å². The van der Waals surface area contributed by atoms with Gasteiger partial charge < -0.3 is 9.47 Å². The van der Waals surface area contributed by atoms with Gasteiger partial charge in [-0.15, -0.1) is 0 Å². The molecule has 0 aliphatic rings. The molecule has 0 aliphatic heterocycles. The van der Waals surface area contributed by atoms with Gasteiger partial charge in [0.05, 0.1) is 0 Å². The van der Waals surface area contributed by atoms with Gasteiger partial charge in [-0.3, -0.25) is 0 Å². The number of esters is 2. The van der Waals surface area contributed by atoms with Crippen molar-refractivity contribution in [2.45, 2.75) is 27.2 Å². The summed E-state index contributed by atoms with van der Waals surface area (Å²) in [6.45, 7) is 12.4. The van der Waals surface area contributed by atoms with E-state index in [1.807, 2.05) is 31.2 Å². The lowest BCUT2D eigenvalue weighted by atomic mass is 10.0. The molecule has 0 fully saturated rings. The van der Waals surface area contributed by atoms with Gasteiger partial charge in [0, 0.05) is 11.1 Å². The molecule has 0 spiro atoms. The van der Waals surface area contributed by atoms with Crippen molar-refractivity contribution in [2.75, 3.05) is 0 Å². The summed E-state index contributed by atoms with van der Waals surface area (Å²) < 4.78 is 10.6. The van der Waals surface area contributed by atoms with Crippen molar-refractivity contribution in [3.8, 4) is 22.6 Å². The summed E-state index contributed by atoms with van der Waals surface area (Å²) in [5, 5.41) is 0. The van der Waals surface area contributed by atoms with E-state index >= 15 is 0 Å². The lowest BCUT2D eigenvalue weighted by molar-refractivity contribution is -0.131. The van der Waals surface area contributed by atoms with Crippen LogP contribution in [0.15, 0.2) is 66.8 Å². The van der Waals surface area contributed by atoms with Gasteiger partial charge in [0.25, 0.3) is 0 Å². The maximum Gasteiger partial charge on any atom is 0.338 e. The van der Waals surface area contributed by atoms with Crippen LogP contribution in [0, 0.1) is 0 Å². The van der Waals surface area contributed by atoms with Gasteiger partial charge in [-0.05, 0) is 61.2 Å². The zero-order valence-electron chi connectivity index (χ0n) is 15.3. The van der Waals surface area contributed by atoms with Crippen molar-refractivity contribution in [1.82, 2.24) is 0 Å². The van der Waals surface area contributed by atoms with Gasteiger partial charge in [0.2, 0.25) is 0 Å². The molecule has 0 atom stereocenters. The summed E-state index contributed by atoms with van der Waals surface area (Å²) in [6.07, 6.45) is 0.723. The number of ether oxygens (including phenoxy) is 2. The minimum atomic E-state index is -0.449. The second-order valence-electron chi connectivity index (χ2n) is 6.04. The van der Waals surface area contributed by atoms with E-state index in [-0.39, 0.29) is 0 Å². The second kappa shape index (κ2) is 8.30. The van der Waals surface area contributed by atoms with Gasteiger partial charge in [-0.2, -0.15) is 0 Å². The van der Waals surface area contributed by atoms with E-state index in [0.29, 0.717) is 22.6 Å². The molecular weight excluding hydrogens is 328 g/mol. The molecule has 0 saturated carbocycles. The first kappa shape index (κ1) is 19.2. The molecule has 0 saturated heterocycles. The second-order valence-corrected chi connectivity index (χ2v) is 6.04. The molecule has 2 rings (SSSR count). The molecule has 2 aromatic carbocycles. The summed E-state index contributed by atoms with van der Waals surface area (Å²) in [5.74, 6) is 0.117. The van der Waals surface area contributed by atoms with Crippen LogP contribution in [0.2, 0.25) is 0 Å². The summed E-state index contributed by atoms with van der Waals surface area (Å²) in [6, 6.07) is 12.9. The maximum absolute atomic E-state index is 11.7. The van der Waals surface area contributed by atoms with Gasteiger partial charge in [-0.1, -0.05) is 38.3 Å². The summed E-state index contributed by atoms with van der Waals surface area (Å²) in [7, 11) is 0. The van der Waals surface area contributed by atoms with E-state index in [2.05, 4.69) is 13.2 Å². The highest BCUT2D eigenvalue weighted by Crippen LogP contribution is 2.29. The van der Waals surface area contributed by atoms with Gasteiger partial charge >= 0.3 is 11.9 Å².